The summed E-state index contributed by atoms with van der Waals surface area (Å²) in [5, 5.41) is 23.2. The third-order valence-corrected chi connectivity index (χ3v) is 5.10. The number of carbonyl (C=O) groups is 5. The van der Waals surface area contributed by atoms with Crippen LogP contribution in [0.1, 0.15) is 32.6 Å². The molecule has 8 N–H and O–H groups in total. The fraction of sp³-hybridized carbons (Fsp3) is 0.706. The first kappa shape index (κ1) is 25.7. The number of nitrogens with one attached hydrogen (secondary N) is 2. The highest BCUT2D eigenvalue weighted by molar-refractivity contribution is 7.80. The number of primary amides is 1. The van der Waals surface area contributed by atoms with Gasteiger partial charge in [-0.05, 0) is 26.2 Å². The number of hydrogen-bond acceptors (Lipinski definition) is 8. The van der Waals surface area contributed by atoms with E-state index in [-0.39, 0.29) is 18.6 Å². The second-order valence-electron chi connectivity index (χ2n) is 7.11. The van der Waals surface area contributed by atoms with Crippen LogP contribution in [-0.2, 0) is 24.0 Å². The van der Waals surface area contributed by atoms with Crippen molar-refractivity contribution in [3.8, 4) is 0 Å². The largest absolute Gasteiger partial charge is 0.480 e. The highest BCUT2D eigenvalue weighted by atomic mass is 32.1. The zero-order valence-corrected chi connectivity index (χ0v) is 17.5. The Hall–Kier alpha value is -2.38. The molecule has 13 heteroatoms. The van der Waals surface area contributed by atoms with E-state index in [1.807, 2.05) is 0 Å². The van der Waals surface area contributed by atoms with E-state index in [0.717, 1.165) is 0 Å². The molecule has 0 aromatic carbocycles. The SMILES string of the molecule is CC(O)C(NC(=O)C(CCC(N)=O)NC(=O)C1CCCN1C(=O)C(N)CS)C(=O)O. The molecular weight excluding hydrogens is 418 g/mol. The molecule has 0 aromatic heterocycles. The minimum Gasteiger partial charge on any atom is -0.480 e. The lowest BCUT2D eigenvalue weighted by atomic mass is 10.1. The van der Waals surface area contributed by atoms with Crippen LogP contribution in [0.2, 0.25) is 0 Å². The lowest BCUT2D eigenvalue weighted by Crippen LogP contribution is -2.58. The molecule has 0 spiro atoms. The van der Waals surface area contributed by atoms with Gasteiger partial charge in [-0.3, -0.25) is 19.2 Å². The summed E-state index contributed by atoms with van der Waals surface area (Å²) < 4.78 is 0. The Bertz CT molecular complexity index is 675. The maximum atomic E-state index is 12.8. The highest BCUT2D eigenvalue weighted by Crippen LogP contribution is 2.19. The van der Waals surface area contributed by atoms with Crippen LogP contribution in [-0.4, -0.2) is 87.3 Å². The average molecular weight is 448 g/mol. The molecule has 170 valence electrons. The number of carboxylic acid groups (broad SMARTS) is 1. The number of carbonyl (C=O) groups excluding carboxylic acids is 4. The van der Waals surface area contributed by atoms with Crippen molar-refractivity contribution in [2.45, 2.75) is 62.9 Å². The van der Waals surface area contributed by atoms with E-state index in [1.54, 1.807) is 0 Å². The molecular formula is C17H29N5O7S. The minimum absolute atomic E-state index is 0.100. The van der Waals surface area contributed by atoms with Crippen molar-refractivity contribution >= 4 is 42.2 Å². The Labute approximate surface area is 179 Å². The summed E-state index contributed by atoms with van der Waals surface area (Å²) in [7, 11) is 0. The first-order valence-corrected chi connectivity index (χ1v) is 10.1. The Morgan fingerprint density at radius 1 is 1.23 bits per heavy atom. The molecule has 0 aliphatic carbocycles. The first-order chi connectivity index (χ1) is 14.0. The number of rotatable bonds is 11. The van der Waals surface area contributed by atoms with Gasteiger partial charge < -0.3 is 37.2 Å². The van der Waals surface area contributed by atoms with Crippen LogP contribution in [0.15, 0.2) is 0 Å². The van der Waals surface area contributed by atoms with Crippen molar-refractivity contribution in [2.24, 2.45) is 11.5 Å². The van der Waals surface area contributed by atoms with Gasteiger partial charge in [-0.25, -0.2) is 4.79 Å². The second kappa shape index (κ2) is 11.7. The monoisotopic (exact) mass is 447 g/mol. The van der Waals surface area contributed by atoms with Crippen LogP contribution >= 0.6 is 12.6 Å². The van der Waals surface area contributed by atoms with Crippen LogP contribution in [0, 0.1) is 0 Å². The van der Waals surface area contributed by atoms with Gasteiger partial charge in [0.05, 0.1) is 12.1 Å². The van der Waals surface area contributed by atoms with Crippen molar-refractivity contribution in [1.82, 2.24) is 15.5 Å². The summed E-state index contributed by atoms with van der Waals surface area (Å²) in [6, 6.07) is -4.64. The van der Waals surface area contributed by atoms with Gasteiger partial charge in [0.2, 0.25) is 23.6 Å². The average Bonchev–Trinajstić information content (AvgIpc) is 3.16. The molecule has 1 aliphatic rings. The number of aliphatic hydroxyl groups excluding tert-OH is 1. The quantitative estimate of drug-likeness (QED) is 0.161. The van der Waals surface area contributed by atoms with Gasteiger partial charge in [0, 0.05) is 18.7 Å². The molecule has 12 nitrogen and oxygen atoms in total. The smallest absolute Gasteiger partial charge is 0.328 e. The molecule has 0 aromatic rings. The van der Waals surface area contributed by atoms with Crippen LogP contribution in [0.25, 0.3) is 0 Å². The molecule has 5 atom stereocenters. The number of nitrogens with zero attached hydrogens (tertiary/aromatic N) is 1. The predicted octanol–water partition coefficient (Wildman–Crippen LogP) is -3.06. The standard InChI is InChI=1S/C17H29N5O7S/c1-8(23)13(17(28)29)21-14(25)10(4-5-12(19)24)20-15(26)11-3-2-6-22(11)16(27)9(18)7-30/h8-11,13,23,30H,2-7,18H2,1H3,(H2,19,24)(H,20,26)(H,21,25)(H,28,29). The minimum atomic E-state index is -1.61. The summed E-state index contributed by atoms with van der Waals surface area (Å²) in [6.07, 6.45) is -0.917. The van der Waals surface area contributed by atoms with E-state index in [9.17, 15) is 29.1 Å². The van der Waals surface area contributed by atoms with Gasteiger partial charge in [-0.1, -0.05) is 0 Å². The lowest BCUT2D eigenvalue weighted by molar-refractivity contribution is -0.145. The van der Waals surface area contributed by atoms with Gasteiger partial charge in [0.1, 0.15) is 12.1 Å². The number of hydrogen-bond donors (Lipinski definition) is 7. The van der Waals surface area contributed by atoms with Gasteiger partial charge >= 0.3 is 5.97 Å². The fourth-order valence-corrected chi connectivity index (χ4v) is 3.22. The van der Waals surface area contributed by atoms with Crippen molar-refractivity contribution in [1.29, 1.82) is 0 Å². The molecule has 1 heterocycles. The number of nitrogens with two attached hydrogens (primary N) is 2. The Morgan fingerprint density at radius 2 is 1.87 bits per heavy atom. The zero-order chi connectivity index (χ0) is 23.0. The summed E-state index contributed by atoms with van der Waals surface area (Å²) in [4.78, 5) is 61.3. The predicted molar refractivity (Wildman–Crippen MR) is 108 cm³/mol. The van der Waals surface area contributed by atoms with Crippen LogP contribution < -0.4 is 22.1 Å². The van der Waals surface area contributed by atoms with Crippen LogP contribution in [0.5, 0.6) is 0 Å². The number of carboxylic acids is 1. The Morgan fingerprint density at radius 3 is 2.37 bits per heavy atom. The maximum Gasteiger partial charge on any atom is 0.328 e. The molecule has 5 unspecified atom stereocenters. The molecule has 0 radical (unpaired) electrons. The van der Waals surface area contributed by atoms with E-state index in [0.29, 0.717) is 19.4 Å². The van der Waals surface area contributed by atoms with Crippen molar-refractivity contribution < 1.29 is 34.2 Å². The van der Waals surface area contributed by atoms with E-state index in [2.05, 4.69) is 23.3 Å². The third kappa shape index (κ3) is 7.15. The van der Waals surface area contributed by atoms with Gasteiger partial charge in [-0.2, -0.15) is 12.6 Å². The topological polar surface area (TPSA) is 205 Å². The summed E-state index contributed by atoms with van der Waals surface area (Å²) in [5.41, 5.74) is 10.8. The number of likely N-dealkylation sites (tertiary alicyclic amines) is 1. The third-order valence-electron chi connectivity index (χ3n) is 4.71. The van der Waals surface area contributed by atoms with E-state index in [1.165, 1.54) is 11.8 Å². The van der Waals surface area contributed by atoms with Crippen LogP contribution in [0.3, 0.4) is 0 Å². The Balaban J connectivity index is 2.93. The number of aliphatic carboxylic acids is 1. The summed E-state index contributed by atoms with van der Waals surface area (Å²) in [6.45, 7) is 1.50. The van der Waals surface area contributed by atoms with E-state index >= 15 is 0 Å². The number of amides is 4. The molecule has 30 heavy (non-hydrogen) atoms. The van der Waals surface area contributed by atoms with Crippen molar-refractivity contribution in [3.63, 3.8) is 0 Å². The summed E-state index contributed by atoms with van der Waals surface area (Å²) >= 11 is 3.98. The molecule has 0 saturated carbocycles. The van der Waals surface area contributed by atoms with Gasteiger partial charge in [-0.15, -0.1) is 0 Å². The van der Waals surface area contributed by atoms with E-state index < -0.39 is 59.9 Å². The zero-order valence-electron chi connectivity index (χ0n) is 16.6. The van der Waals surface area contributed by atoms with E-state index in [4.69, 9.17) is 16.6 Å². The molecule has 1 aliphatic heterocycles. The maximum absolute atomic E-state index is 12.8. The first-order valence-electron chi connectivity index (χ1n) is 9.46. The molecule has 1 saturated heterocycles. The highest BCUT2D eigenvalue weighted by Gasteiger charge is 2.38. The molecule has 1 fully saturated rings. The molecule has 0 bridgehead atoms. The number of thiol groups is 1. The van der Waals surface area contributed by atoms with Crippen molar-refractivity contribution in [3.05, 3.63) is 0 Å². The normalized spacial score (nSPS) is 20.0. The summed E-state index contributed by atoms with van der Waals surface area (Å²) in [5.74, 6) is -4.07. The van der Waals surface area contributed by atoms with Crippen molar-refractivity contribution in [2.75, 3.05) is 12.3 Å². The Kier molecular flexibility index (Phi) is 10.0. The second-order valence-corrected chi connectivity index (χ2v) is 7.48. The van der Waals surface area contributed by atoms with Gasteiger partial charge in [0.15, 0.2) is 6.04 Å². The van der Waals surface area contributed by atoms with Crippen LogP contribution in [0.4, 0.5) is 0 Å². The lowest BCUT2D eigenvalue weighted by Gasteiger charge is -2.28. The fourth-order valence-electron chi connectivity index (χ4n) is 3.06. The number of aliphatic hydroxyl groups is 1. The molecule has 4 amide bonds. The molecule has 1 rings (SSSR count). The van der Waals surface area contributed by atoms with Gasteiger partial charge in [0.25, 0.3) is 0 Å².